The lowest BCUT2D eigenvalue weighted by Gasteiger charge is -2.14. The van der Waals surface area contributed by atoms with E-state index in [1.54, 1.807) is 6.92 Å². The van der Waals surface area contributed by atoms with Crippen LogP contribution in [0.3, 0.4) is 0 Å². The number of hydrogen-bond acceptors (Lipinski definition) is 2. The lowest BCUT2D eigenvalue weighted by Crippen LogP contribution is -2.09. The van der Waals surface area contributed by atoms with Crippen molar-refractivity contribution in [3.05, 3.63) is 35.6 Å². The second-order valence-electron chi connectivity index (χ2n) is 3.38. The Hall–Kier alpha value is 0.350. The molecule has 0 radical (unpaired) electrons. The number of halogens is 4. The summed E-state index contributed by atoms with van der Waals surface area (Å²) < 4.78 is 8.28. The topological polar surface area (TPSA) is 26.3 Å². The first kappa shape index (κ1) is 15.4. The van der Waals surface area contributed by atoms with Crippen molar-refractivity contribution in [1.82, 2.24) is 0 Å². The predicted molar refractivity (Wildman–Crippen MR) is 82.4 cm³/mol. The van der Waals surface area contributed by atoms with Crippen molar-refractivity contribution in [1.29, 1.82) is 0 Å². The van der Waals surface area contributed by atoms with Gasteiger partial charge in [-0.1, -0.05) is 6.58 Å². The van der Waals surface area contributed by atoms with Crippen molar-refractivity contribution in [3.63, 3.8) is 0 Å². The van der Waals surface area contributed by atoms with Crippen LogP contribution >= 0.6 is 63.7 Å². The molecule has 0 unspecified atom stereocenters. The molecule has 92 valence electrons. The molecular formula is C11H8Br4O2. The van der Waals surface area contributed by atoms with Crippen molar-refractivity contribution in [2.24, 2.45) is 0 Å². The zero-order valence-corrected chi connectivity index (χ0v) is 15.4. The average molecular weight is 492 g/mol. The summed E-state index contributed by atoms with van der Waals surface area (Å²) in [5.41, 5.74) is 1.34. The van der Waals surface area contributed by atoms with Gasteiger partial charge >= 0.3 is 5.97 Å². The van der Waals surface area contributed by atoms with Gasteiger partial charge in [-0.2, -0.15) is 0 Å². The Morgan fingerprint density at radius 3 is 1.82 bits per heavy atom. The van der Waals surface area contributed by atoms with Crippen LogP contribution in [0.2, 0.25) is 0 Å². The van der Waals surface area contributed by atoms with Gasteiger partial charge in [-0.3, -0.25) is 0 Å². The smallest absolute Gasteiger partial charge is 0.338 e. The molecule has 0 spiro atoms. The van der Waals surface area contributed by atoms with E-state index in [0.29, 0.717) is 20.3 Å². The molecule has 0 aliphatic heterocycles. The van der Waals surface area contributed by atoms with Gasteiger partial charge in [0.25, 0.3) is 0 Å². The molecule has 1 aromatic carbocycles. The van der Waals surface area contributed by atoms with E-state index in [9.17, 15) is 4.79 Å². The molecule has 0 bridgehead atoms. The zero-order valence-electron chi connectivity index (χ0n) is 9.04. The molecule has 0 N–H and O–H groups in total. The van der Waals surface area contributed by atoms with Crippen molar-refractivity contribution in [3.8, 4) is 5.75 Å². The maximum atomic E-state index is 11.5. The Kier molecular flexibility index (Phi) is 5.43. The third kappa shape index (κ3) is 3.22. The molecule has 2 nitrogen and oxygen atoms in total. The molecule has 0 heterocycles. The first-order valence-electron chi connectivity index (χ1n) is 4.47. The number of hydrogen-bond donors (Lipinski definition) is 0. The van der Waals surface area contributed by atoms with E-state index in [-0.39, 0.29) is 0 Å². The van der Waals surface area contributed by atoms with Gasteiger partial charge in [-0.25, -0.2) is 4.79 Å². The average Bonchev–Trinajstić information content (AvgIpc) is 2.29. The fourth-order valence-electron chi connectivity index (χ4n) is 0.991. The van der Waals surface area contributed by atoms with Crippen LogP contribution in [-0.2, 0) is 4.79 Å². The van der Waals surface area contributed by atoms with Gasteiger partial charge in [-0.15, -0.1) is 0 Å². The summed E-state index contributed by atoms with van der Waals surface area (Å²) in [5.74, 6) is -0.0450. The standard InChI is InChI=1S/C11H8Br4O2/c1-4(2)11(16)17-10-8(14)6(12)5(3)7(13)9(10)15/h1H2,2-3H3. The highest BCUT2D eigenvalue weighted by Gasteiger charge is 2.20. The van der Waals surface area contributed by atoms with Crippen molar-refractivity contribution < 1.29 is 9.53 Å². The second-order valence-corrected chi connectivity index (χ2v) is 6.55. The molecule has 17 heavy (non-hydrogen) atoms. The minimum absolute atomic E-state index is 0.344. The van der Waals surface area contributed by atoms with E-state index >= 15 is 0 Å². The van der Waals surface area contributed by atoms with Gasteiger partial charge < -0.3 is 4.74 Å². The molecule has 0 aromatic heterocycles. The summed E-state index contributed by atoms with van der Waals surface area (Å²) >= 11 is 13.6. The highest BCUT2D eigenvalue weighted by atomic mass is 79.9. The summed E-state index contributed by atoms with van der Waals surface area (Å²) in [5, 5.41) is 0. The predicted octanol–water partition coefficient (Wildman–Crippen LogP) is 5.53. The summed E-state index contributed by atoms with van der Waals surface area (Å²) in [7, 11) is 0. The van der Waals surface area contributed by atoms with Crippen molar-refractivity contribution in [2.75, 3.05) is 0 Å². The number of esters is 1. The number of carbonyl (C=O) groups excluding carboxylic acids is 1. The Labute approximate surface area is 133 Å². The van der Waals surface area contributed by atoms with Crippen LogP contribution in [0.25, 0.3) is 0 Å². The highest BCUT2D eigenvalue weighted by Crippen LogP contribution is 2.46. The summed E-state index contributed by atoms with van der Waals surface area (Å²) in [4.78, 5) is 11.5. The fraction of sp³-hybridized carbons (Fsp3) is 0.182. The molecule has 0 aliphatic rings. The second kappa shape index (κ2) is 5.99. The third-order valence-corrected chi connectivity index (χ3v) is 6.55. The van der Waals surface area contributed by atoms with E-state index in [1.807, 2.05) is 6.92 Å². The van der Waals surface area contributed by atoms with Crippen LogP contribution in [0.15, 0.2) is 30.0 Å². The Morgan fingerprint density at radius 1 is 1.06 bits per heavy atom. The first-order valence-corrected chi connectivity index (χ1v) is 7.64. The lowest BCUT2D eigenvalue weighted by atomic mass is 10.2. The molecule has 0 fully saturated rings. The summed E-state index contributed by atoms with van der Waals surface area (Å²) in [6.45, 7) is 7.08. The van der Waals surface area contributed by atoms with E-state index in [4.69, 9.17) is 4.74 Å². The molecule has 0 aliphatic carbocycles. The number of benzene rings is 1. The van der Waals surface area contributed by atoms with Crippen molar-refractivity contribution >= 4 is 69.7 Å². The SMILES string of the molecule is C=C(C)C(=O)Oc1c(Br)c(Br)c(C)c(Br)c1Br. The maximum Gasteiger partial charge on any atom is 0.338 e. The van der Waals surface area contributed by atoms with Gasteiger partial charge in [0.1, 0.15) is 0 Å². The van der Waals surface area contributed by atoms with E-state index in [0.717, 1.165) is 14.5 Å². The van der Waals surface area contributed by atoms with E-state index in [1.165, 1.54) is 0 Å². The molecule has 6 heteroatoms. The minimum atomic E-state index is -0.464. The largest absolute Gasteiger partial charge is 0.421 e. The van der Waals surface area contributed by atoms with Gasteiger partial charge in [0.05, 0.1) is 8.95 Å². The molecule has 0 amide bonds. The van der Waals surface area contributed by atoms with E-state index in [2.05, 4.69) is 70.3 Å². The van der Waals surface area contributed by atoms with E-state index < -0.39 is 5.97 Å². The molecule has 1 aromatic rings. The van der Waals surface area contributed by atoms with Crippen LogP contribution < -0.4 is 4.74 Å². The maximum absolute atomic E-state index is 11.5. The number of ether oxygens (including phenoxy) is 1. The normalized spacial score (nSPS) is 10.2. The minimum Gasteiger partial charge on any atom is -0.421 e. The Bertz CT molecular complexity index is 480. The monoisotopic (exact) mass is 488 g/mol. The Morgan fingerprint density at radius 2 is 1.47 bits per heavy atom. The fourth-order valence-corrected chi connectivity index (χ4v) is 3.43. The quantitative estimate of drug-likeness (QED) is 0.235. The molecular weight excluding hydrogens is 484 g/mol. The first-order chi connectivity index (χ1) is 7.77. The lowest BCUT2D eigenvalue weighted by molar-refractivity contribution is -0.130. The van der Waals surface area contributed by atoms with Crippen LogP contribution in [0, 0.1) is 6.92 Å². The molecule has 0 saturated carbocycles. The molecule has 0 saturated heterocycles. The summed E-state index contributed by atoms with van der Waals surface area (Å²) in [6.07, 6.45) is 0. The van der Waals surface area contributed by atoms with Gasteiger partial charge in [0, 0.05) is 14.5 Å². The number of rotatable bonds is 2. The van der Waals surface area contributed by atoms with Crippen molar-refractivity contribution in [2.45, 2.75) is 13.8 Å². The van der Waals surface area contributed by atoms with Crippen LogP contribution in [0.5, 0.6) is 5.75 Å². The summed E-state index contributed by atoms with van der Waals surface area (Å²) in [6, 6.07) is 0. The Balaban J connectivity index is 3.35. The molecule has 0 atom stereocenters. The van der Waals surface area contributed by atoms with Crippen LogP contribution in [0.1, 0.15) is 12.5 Å². The van der Waals surface area contributed by atoms with Gasteiger partial charge in [-0.05, 0) is 83.1 Å². The molecule has 1 rings (SSSR count). The third-order valence-electron chi connectivity index (χ3n) is 1.99. The highest BCUT2D eigenvalue weighted by molar-refractivity contribution is 9.14. The number of carbonyl (C=O) groups is 1. The van der Waals surface area contributed by atoms with Crippen LogP contribution in [0.4, 0.5) is 0 Å². The zero-order chi connectivity index (χ0) is 13.3. The van der Waals surface area contributed by atoms with Gasteiger partial charge in [0.15, 0.2) is 5.75 Å². The van der Waals surface area contributed by atoms with Gasteiger partial charge in [0.2, 0.25) is 0 Å². The van der Waals surface area contributed by atoms with Crippen LogP contribution in [-0.4, -0.2) is 5.97 Å².